The zero-order chi connectivity index (χ0) is 18.9. The number of benzene rings is 3. The largest absolute Gasteiger partial charge is 0.456 e. The molecule has 0 aliphatic heterocycles. The maximum absolute atomic E-state index is 6.26. The SMILES string of the molecule is CC(C)(C)c1ccc(/C=c2\o/c(=C\c3ccccc3)c3ccccc23)cc1. The molecule has 4 rings (SSSR count). The van der Waals surface area contributed by atoms with Gasteiger partial charge in [0.05, 0.1) is 0 Å². The summed E-state index contributed by atoms with van der Waals surface area (Å²) in [6.45, 7) is 6.70. The van der Waals surface area contributed by atoms with Crippen molar-refractivity contribution in [2.75, 3.05) is 0 Å². The van der Waals surface area contributed by atoms with Crippen molar-refractivity contribution in [3.05, 3.63) is 106 Å². The number of furan rings is 1. The van der Waals surface area contributed by atoms with Crippen LogP contribution >= 0.6 is 0 Å². The van der Waals surface area contributed by atoms with Crippen LogP contribution in [0, 0.1) is 0 Å². The Hall–Kier alpha value is -3.06. The maximum Gasteiger partial charge on any atom is 0.136 e. The normalized spacial score (nSPS) is 13.4. The molecule has 0 spiro atoms. The minimum atomic E-state index is 0.160. The summed E-state index contributed by atoms with van der Waals surface area (Å²) in [4.78, 5) is 0. The number of hydrogen-bond acceptors (Lipinski definition) is 1. The van der Waals surface area contributed by atoms with E-state index in [1.54, 1.807) is 0 Å². The lowest BCUT2D eigenvalue weighted by molar-refractivity contribution is 0.508. The molecule has 3 aromatic carbocycles. The van der Waals surface area contributed by atoms with E-state index in [4.69, 9.17) is 4.42 Å². The Morgan fingerprint density at radius 2 is 1.07 bits per heavy atom. The van der Waals surface area contributed by atoms with Crippen LogP contribution in [0.5, 0.6) is 0 Å². The van der Waals surface area contributed by atoms with E-state index in [1.807, 2.05) is 18.2 Å². The molecule has 0 aliphatic rings. The molecular formula is C26H24O. The molecule has 0 atom stereocenters. The van der Waals surface area contributed by atoms with E-state index in [1.165, 1.54) is 5.56 Å². The smallest absolute Gasteiger partial charge is 0.136 e. The van der Waals surface area contributed by atoms with Crippen LogP contribution < -0.4 is 10.8 Å². The summed E-state index contributed by atoms with van der Waals surface area (Å²) in [5.41, 5.74) is 5.58. The molecule has 0 amide bonds. The van der Waals surface area contributed by atoms with Crippen LogP contribution in [-0.4, -0.2) is 0 Å². The van der Waals surface area contributed by atoms with Crippen LogP contribution in [-0.2, 0) is 5.41 Å². The highest BCUT2D eigenvalue weighted by molar-refractivity contribution is 5.84. The fourth-order valence-corrected chi connectivity index (χ4v) is 3.29. The Labute approximate surface area is 160 Å². The van der Waals surface area contributed by atoms with Crippen LogP contribution in [0.1, 0.15) is 37.5 Å². The van der Waals surface area contributed by atoms with Crippen molar-refractivity contribution in [1.82, 2.24) is 0 Å². The topological polar surface area (TPSA) is 13.1 Å². The van der Waals surface area contributed by atoms with E-state index < -0.39 is 0 Å². The second kappa shape index (κ2) is 6.92. The Bertz CT molecular complexity index is 1170. The summed E-state index contributed by atoms with van der Waals surface area (Å²) >= 11 is 0. The Balaban J connectivity index is 1.85. The van der Waals surface area contributed by atoms with Crippen molar-refractivity contribution < 1.29 is 4.42 Å². The molecule has 1 heteroatoms. The summed E-state index contributed by atoms with van der Waals surface area (Å²) in [6.07, 6.45) is 4.22. The molecule has 0 saturated heterocycles. The molecular weight excluding hydrogens is 328 g/mol. The molecule has 27 heavy (non-hydrogen) atoms. The number of hydrogen-bond donors (Lipinski definition) is 0. The average Bonchev–Trinajstić information content (AvgIpc) is 3.00. The third-order valence-corrected chi connectivity index (χ3v) is 4.85. The van der Waals surface area contributed by atoms with Crippen molar-refractivity contribution in [2.24, 2.45) is 0 Å². The summed E-state index contributed by atoms with van der Waals surface area (Å²) in [6, 6.07) is 27.4. The molecule has 1 heterocycles. The standard InChI is InChI=1S/C26H24O/c1-26(2,3)21-15-13-20(14-16-21)18-25-23-12-8-7-11-22(23)24(27-25)17-19-9-5-4-6-10-19/h4-18H,1-3H3/b24-17-,25-18-. The summed E-state index contributed by atoms with van der Waals surface area (Å²) in [7, 11) is 0. The van der Waals surface area contributed by atoms with Gasteiger partial charge in [0.1, 0.15) is 10.8 Å². The van der Waals surface area contributed by atoms with Crippen molar-refractivity contribution in [3.8, 4) is 0 Å². The Morgan fingerprint density at radius 3 is 1.59 bits per heavy atom. The molecule has 0 bridgehead atoms. The lowest BCUT2D eigenvalue weighted by atomic mass is 9.87. The average molecular weight is 352 g/mol. The van der Waals surface area contributed by atoms with E-state index in [9.17, 15) is 0 Å². The first-order chi connectivity index (χ1) is 13.0. The molecule has 0 aliphatic carbocycles. The lowest BCUT2D eigenvalue weighted by Gasteiger charge is -2.18. The first kappa shape index (κ1) is 17.4. The quantitative estimate of drug-likeness (QED) is 0.471. The van der Waals surface area contributed by atoms with Gasteiger partial charge in [-0.25, -0.2) is 0 Å². The van der Waals surface area contributed by atoms with Gasteiger partial charge in [0.15, 0.2) is 0 Å². The van der Waals surface area contributed by atoms with Crippen LogP contribution in [0.2, 0.25) is 0 Å². The van der Waals surface area contributed by atoms with Gasteiger partial charge in [0.2, 0.25) is 0 Å². The van der Waals surface area contributed by atoms with Gasteiger partial charge in [-0.2, -0.15) is 0 Å². The summed E-state index contributed by atoms with van der Waals surface area (Å²) < 4.78 is 6.26. The third kappa shape index (κ3) is 3.73. The van der Waals surface area contributed by atoms with E-state index in [0.29, 0.717) is 0 Å². The summed E-state index contributed by atoms with van der Waals surface area (Å²) in [5.74, 6) is 0. The predicted molar refractivity (Wildman–Crippen MR) is 114 cm³/mol. The van der Waals surface area contributed by atoms with E-state index in [2.05, 4.69) is 93.6 Å². The highest BCUT2D eigenvalue weighted by atomic mass is 16.3. The van der Waals surface area contributed by atoms with Gasteiger partial charge in [-0.15, -0.1) is 0 Å². The second-order valence-electron chi connectivity index (χ2n) is 7.95. The molecule has 1 nitrogen and oxygen atoms in total. The fraction of sp³-hybridized carbons (Fsp3) is 0.154. The monoisotopic (exact) mass is 352 g/mol. The van der Waals surface area contributed by atoms with E-state index >= 15 is 0 Å². The van der Waals surface area contributed by atoms with Crippen molar-refractivity contribution in [2.45, 2.75) is 26.2 Å². The highest BCUT2D eigenvalue weighted by Gasteiger charge is 2.12. The van der Waals surface area contributed by atoms with Crippen LogP contribution in [0.15, 0.2) is 83.3 Å². The van der Waals surface area contributed by atoms with Gasteiger partial charge in [-0.05, 0) is 34.3 Å². The molecule has 0 N–H and O–H groups in total. The molecule has 134 valence electrons. The molecule has 0 radical (unpaired) electrons. The zero-order valence-corrected chi connectivity index (χ0v) is 16.1. The van der Waals surface area contributed by atoms with Crippen molar-refractivity contribution in [1.29, 1.82) is 0 Å². The zero-order valence-electron chi connectivity index (χ0n) is 16.1. The van der Waals surface area contributed by atoms with Gasteiger partial charge < -0.3 is 4.42 Å². The fourth-order valence-electron chi connectivity index (χ4n) is 3.29. The van der Waals surface area contributed by atoms with Crippen molar-refractivity contribution in [3.63, 3.8) is 0 Å². The summed E-state index contributed by atoms with van der Waals surface area (Å²) in [5, 5.41) is 2.28. The van der Waals surface area contributed by atoms with Crippen LogP contribution in [0.4, 0.5) is 0 Å². The molecule has 0 unspecified atom stereocenters. The van der Waals surface area contributed by atoms with Crippen molar-refractivity contribution >= 4 is 22.9 Å². The van der Waals surface area contributed by atoms with E-state index in [-0.39, 0.29) is 5.41 Å². The molecule has 0 saturated carbocycles. The van der Waals surface area contributed by atoms with Gasteiger partial charge in [0, 0.05) is 10.8 Å². The number of fused-ring (bicyclic) bond motifs is 1. The van der Waals surface area contributed by atoms with E-state index in [0.717, 1.165) is 32.7 Å². The Kier molecular flexibility index (Phi) is 4.45. The molecule has 4 aromatic rings. The highest BCUT2D eigenvalue weighted by Crippen LogP contribution is 2.22. The minimum absolute atomic E-state index is 0.160. The first-order valence-electron chi connectivity index (χ1n) is 9.37. The third-order valence-electron chi connectivity index (χ3n) is 4.85. The lowest BCUT2D eigenvalue weighted by Crippen LogP contribution is -2.10. The molecule has 1 aromatic heterocycles. The van der Waals surface area contributed by atoms with Gasteiger partial charge >= 0.3 is 0 Å². The second-order valence-corrected chi connectivity index (χ2v) is 7.95. The number of rotatable bonds is 2. The van der Waals surface area contributed by atoms with Gasteiger partial charge in [-0.1, -0.05) is 99.6 Å². The predicted octanol–water partition coefficient (Wildman–Crippen LogP) is 5.39. The first-order valence-corrected chi connectivity index (χ1v) is 9.37. The van der Waals surface area contributed by atoms with Gasteiger partial charge in [0.25, 0.3) is 0 Å². The van der Waals surface area contributed by atoms with Gasteiger partial charge in [-0.3, -0.25) is 0 Å². The van der Waals surface area contributed by atoms with Crippen LogP contribution in [0.25, 0.3) is 22.9 Å². The molecule has 0 fully saturated rings. The maximum atomic E-state index is 6.26. The van der Waals surface area contributed by atoms with Crippen LogP contribution in [0.3, 0.4) is 0 Å². The minimum Gasteiger partial charge on any atom is -0.456 e. The Morgan fingerprint density at radius 1 is 0.593 bits per heavy atom.